The Morgan fingerprint density at radius 3 is 2.40 bits per heavy atom. The summed E-state index contributed by atoms with van der Waals surface area (Å²) in [4.78, 5) is 65.2. The zero-order valence-corrected chi connectivity index (χ0v) is 28.9. The number of hydrogen-bond acceptors (Lipinski definition) is 6. The van der Waals surface area contributed by atoms with Crippen LogP contribution in [0.15, 0.2) is 17.8 Å². The summed E-state index contributed by atoms with van der Waals surface area (Å²) in [5, 5.41) is 6.25. The minimum absolute atomic E-state index is 0. The first-order chi connectivity index (χ1) is 22.1. The number of aromatic amines is 1. The van der Waals surface area contributed by atoms with Gasteiger partial charge in [0, 0.05) is 17.7 Å². The molecule has 0 spiro atoms. The molecule has 0 radical (unpaired) electrons. The maximum absolute atomic E-state index is 14.0. The number of hydrogen-bond donors (Lipinski definition) is 1. The van der Waals surface area contributed by atoms with Crippen molar-refractivity contribution >= 4 is 76.9 Å². The predicted octanol–water partition coefficient (Wildman–Crippen LogP) is 3.28. The van der Waals surface area contributed by atoms with Gasteiger partial charge in [0.25, 0.3) is 0 Å². The number of Topliss-reactive ketones (excluding diaryl/α,β-unsaturated/α-hetero) is 1. The molecule has 1 saturated heterocycles. The number of ketones is 1. The summed E-state index contributed by atoms with van der Waals surface area (Å²) in [5.41, 5.74) is 7.50. The van der Waals surface area contributed by atoms with Gasteiger partial charge in [-0.3, -0.25) is 14.4 Å². The van der Waals surface area contributed by atoms with Gasteiger partial charge < -0.3 is 29.7 Å². The molecule has 0 amide bonds. The number of methoxy groups -OCH3 is 2. The van der Waals surface area contributed by atoms with Crippen LogP contribution in [0.1, 0.15) is 92.4 Å². The average Bonchev–Trinajstić information content (AvgIpc) is 3.79. The maximum atomic E-state index is 14.0. The molecule has 3 atom stereocenters. The first kappa shape index (κ1) is 34.0. The number of aromatic nitrogens is 3. The van der Waals surface area contributed by atoms with E-state index in [0.29, 0.717) is 68.6 Å². The molecule has 1 unspecified atom stereocenters. The van der Waals surface area contributed by atoms with Gasteiger partial charge in [-0.15, -0.1) is 22.1 Å². The molecule has 5 heterocycles. The third kappa shape index (κ3) is 5.35. The van der Waals surface area contributed by atoms with Gasteiger partial charge in [0.05, 0.1) is 25.5 Å². The second-order valence-electron chi connectivity index (χ2n) is 11.9. The molecule has 10 nitrogen and oxygen atoms in total. The number of ether oxygens (including phenoxy) is 2. The summed E-state index contributed by atoms with van der Waals surface area (Å²) in [6.07, 6.45) is 9.23. The number of carbonyl (C=O) groups excluding carboxylic acids is 4. The first-order valence-corrected chi connectivity index (χ1v) is 15.3. The molecule has 238 valence electrons. The standard InChI is InChI=1S/C36H37N4O6.Mg/c1-8-19-16(3)23-12-24-17(4)21(10-11-29(42)45-6)33(39-24)31-32(36(44)46-7)35(43)30-18(5)25(40-34(30)31)13-27-20(9-2)22(15-41)28(38-27)14-26(19)37-23;/h8,12-15,17,21,33H,1,9-11H2,2-7H3,(H3-,37,38,39,40,41,43,44);/q-1;+2/p-2/t17-,21-,33?;/m0./s1. The number of esters is 2. The molecule has 8 bridgehead atoms. The molecular formula is C36H35MgN4O6-. The topological polar surface area (TPSA) is 145 Å². The number of allylic oxidation sites excluding steroid dienone is 1. The van der Waals surface area contributed by atoms with Gasteiger partial charge in [-0.2, -0.15) is 5.70 Å². The van der Waals surface area contributed by atoms with Crippen LogP contribution in [0.5, 0.6) is 0 Å². The molecule has 1 aliphatic carbocycles. The molecule has 6 rings (SSSR count). The van der Waals surface area contributed by atoms with Crippen LogP contribution in [0.2, 0.25) is 0 Å². The quantitative estimate of drug-likeness (QED) is 0.179. The van der Waals surface area contributed by atoms with Gasteiger partial charge >= 0.3 is 35.0 Å². The normalized spacial score (nSPS) is 21.8. The number of aldehydes is 1. The number of carbonyl (C=O) groups is 4. The van der Waals surface area contributed by atoms with E-state index in [4.69, 9.17) is 24.8 Å². The number of fused-ring (bicyclic) bond motifs is 8. The Bertz CT molecular complexity index is 2040. The molecule has 1 N–H and O–H groups in total. The van der Waals surface area contributed by atoms with Crippen molar-refractivity contribution in [1.82, 2.24) is 15.0 Å². The third-order valence-electron chi connectivity index (χ3n) is 9.65. The summed E-state index contributed by atoms with van der Waals surface area (Å²) >= 11 is 0. The van der Waals surface area contributed by atoms with E-state index in [9.17, 15) is 19.2 Å². The Kier molecular flexibility index (Phi) is 9.43. The van der Waals surface area contributed by atoms with Crippen molar-refractivity contribution in [3.63, 3.8) is 0 Å². The van der Waals surface area contributed by atoms with Crippen LogP contribution in [0, 0.1) is 25.7 Å². The largest absolute Gasteiger partial charge is 2.00 e. The van der Waals surface area contributed by atoms with Crippen molar-refractivity contribution in [1.29, 1.82) is 0 Å². The molecule has 3 aliphatic rings. The van der Waals surface area contributed by atoms with Gasteiger partial charge in [0.2, 0.25) is 5.78 Å². The molecule has 11 heteroatoms. The fourth-order valence-corrected chi connectivity index (χ4v) is 7.13. The molecule has 47 heavy (non-hydrogen) atoms. The molecule has 0 aromatic carbocycles. The fraction of sp³-hybridized carbons (Fsp3) is 0.333. The molecule has 0 saturated carbocycles. The number of H-pyrrole nitrogens is 1. The van der Waals surface area contributed by atoms with Crippen molar-refractivity contribution in [3.8, 4) is 0 Å². The Hall–Kier alpha value is -4.35. The number of rotatable bonds is 7. The van der Waals surface area contributed by atoms with Gasteiger partial charge in [-0.25, -0.2) is 4.79 Å². The van der Waals surface area contributed by atoms with Crippen LogP contribution < -0.4 is 20.7 Å². The molecule has 1 fully saturated rings. The van der Waals surface area contributed by atoms with Gasteiger partial charge in [0.1, 0.15) is 11.9 Å². The van der Waals surface area contributed by atoms with Crippen LogP contribution in [0.3, 0.4) is 0 Å². The number of nitrogens with one attached hydrogen (secondary N) is 1. The van der Waals surface area contributed by atoms with Gasteiger partial charge in [0.15, 0.2) is 0 Å². The van der Waals surface area contributed by atoms with Crippen LogP contribution >= 0.6 is 0 Å². The van der Waals surface area contributed by atoms with E-state index in [1.165, 1.54) is 14.2 Å². The molecule has 3 aromatic heterocycles. The van der Waals surface area contributed by atoms with E-state index in [1.807, 2.05) is 45.9 Å². The van der Waals surface area contributed by atoms with Crippen molar-refractivity contribution in [2.45, 2.75) is 53.0 Å². The van der Waals surface area contributed by atoms with E-state index >= 15 is 0 Å². The van der Waals surface area contributed by atoms with Crippen LogP contribution in [-0.2, 0) is 25.5 Å². The van der Waals surface area contributed by atoms with E-state index in [2.05, 4.69) is 11.6 Å². The summed E-state index contributed by atoms with van der Waals surface area (Å²) < 4.78 is 10.1. The van der Waals surface area contributed by atoms with Crippen LogP contribution in [0.4, 0.5) is 0 Å². The Morgan fingerprint density at radius 2 is 1.77 bits per heavy atom. The predicted molar refractivity (Wildman–Crippen MR) is 179 cm³/mol. The summed E-state index contributed by atoms with van der Waals surface area (Å²) in [7, 11) is 2.60. The van der Waals surface area contributed by atoms with Crippen molar-refractivity contribution < 1.29 is 28.7 Å². The Morgan fingerprint density at radius 1 is 1.02 bits per heavy atom. The maximum Gasteiger partial charge on any atom is 2.00 e. The Balaban J connectivity index is 0.00000433. The second kappa shape index (κ2) is 13.0. The van der Waals surface area contributed by atoms with E-state index in [1.54, 1.807) is 6.08 Å². The van der Waals surface area contributed by atoms with Crippen molar-refractivity contribution in [2.24, 2.45) is 11.8 Å². The smallest absolute Gasteiger partial charge is 0.681 e. The zero-order chi connectivity index (χ0) is 33.0. The fourth-order valence-electron chi connectivity index (χ4n) is 7.13. The summed E-state index contributed by atoms with van der Waals surface area (Å²) in [6.45, 7) is 11.8. The van der Waals surface area contributed by atoms with E-state index in [0.717, 1.165) is 28.7 Å². The van der Waals surface area contributed by atoms with Crippen molar-refractivity contribution in [2.75, 3.05) is 14.2 Å². The minimum Gasteiger partial charge on any atom is -0.681 e. The van der Waals surface area contributed by atoms with Crippen molar-refractivity contribution in [3.05, 3.63) is 90.0 Å². The minimum atomic E-state index is -0.744. The number of nitrogens with zero attached hydrogens (tertiary/aromatic N) is 3. The SMILES string of the molecule is C=Cc1c2[n-]c(c1C)/C=C1\[N-]C(C3=C(C(=O)OC)C(=O)c4c3[nH]c(c4C)/C=c3\[n-]/c(c(C=O)c3CC)=C\2)[C@@H](CCC(=O)OC)[C@@H]1C.[Mg+2]. The van der Waals surface area contributed by atoms with Gasteiger partial charge in [-0.05, 0) is 55.2 Å². The molecule has 3 aromatic rings. The molecular weight excluding hydrogens is 609 g/mol. The first-order valence-electron chi connectivity index (χ1n) is 15.3. The van der Waals surface area contributed by atoms with E-state index in [-0.39, 0.29) is 52.9 Å². The van der Waals surface area contributed by atoms with E-state index < -0.39 is 17.8 Å². The van der Waals surface area contributed by atoms with Crippen LogP contribution in [-0.4, -0.2) is 72.3 Å². The third-order valence-corrected chi connectivity index (χ3v) is 9.65. The zero-order valence-electron chi connectivity index (χ0n) is 27.4. The van der Waals surface area contributed by atoms with Gasteiger partial charge in [-0.1, -0.05) is 61.9 Å². The monoisotopic (exact) mass is 643 g/mol. The van der Waals surface area contributed by atoms with Crippen LogP contribution in [0.25, 0.3) is 35.2 Å². The second-order valence-corrected chi connectivity index (χ2v) is 11.9. The summed E-state index contributed by atoms with van der Waals surface area (Å²) in [5.74, 6) is -1.95. The Labute approximate surface area is 288 Å². The molecule has 2 aliphatic heterocycles. The summed E-state index contributed by atoms with van der Waals surface area (Å²) in [6, 6.07) is -0.638. The average molecular weight is 644 g/mol.